The van der Waals surface area contributed by atoms with E-state index in [-0.39, 0.29) is 11.3 Å². The monoisotopic (exact) mass is 437 g/mol. The number of rotatable bonds is 6. The van der Waals surface area contributed by atoms with Crippen molar-refractivity contribution < 1.29 is 4.79 Å². The SMILES string of the molecule is CNC(=O)c1ccc(CN(C)Cn2nc(-c3ccc(C(C)(C)C)cc3)n(C)c2=S)cc1. The van der Waals surface area contributed by atoms with E-state index in [0.29, 0.717) is 17.0 Å². The van der Waals surface area contributed by atoms with Crippen molar-refractivity contribution in [2.24, 2.45) is 7.05 Å². The van der Waals surface area contributed by atoms with E-state index in [1.807, 2.05) is 47.6 Å². The summed E-state index contributed by atoms with van der Waals surface area (Å²) >= 11 is 5.63. The fourth-order valence-corrected chi connectivity index (χ4v) is 3.63. The molecule has 1 amide bonds. The van der Waals surface area contributed by atoms with Crippen LogP contribution in [-0.4, -0.2) is 39.3 Å². The zero-order chi connectivity index (χ0) is 22.8. The summed E-state index contributed by atoms with van der Waals surface area (Å²) in [6, 6.07) is 16.2. The van der Waals surface area contributed by atoms with Gasteiger partial charge >= 0.3 is 0 Å². The van der Waals surface area contributed by atoms with Gasteiger partial charge in [0.05, 0.1) is 6.67 Å². The zero-order valence-electron chi connectivity index (χ0n) is 19.1. The van der Waals surface area contributed by atoms with E-state index < -0.39 is 0 Å². The van der Waals surface area contributed by atoms with Gasteiger partial charge in [-0.05, 0) is 47.9 Å². The molecule has 31 heavy (non-hydrogen) atoms. The molecule has 3 rings (SSSR count). The number of carbonyl (C=O) groups is 1. The molecular weight excluding hydrogens is 406 g/mol. The minimum absolute atomic E-state index is 0.0808. The Morgan fingerprint density at radius 3 is 2.26 bits per heavy atom. The largest absolute Gasteiger partial charge is 0.355 e. The predicted octanol–water partition coefficient (Wildman–Crippen LogP) is 4.36. The van der Waals surface area contributed by atoms with Crippen molar-refractivity contribution in [1.29, 1.82) is 0 Å². The molecular formula is C24H31N5OS. The molecule has 1 N–H and O–H groups in total. The molecule has 1 aromatic heterocycles. The first-order valence-electron chi connectivity index (χ1n) is 10.3. The number of nitrogens with one attached hydrogen (secondary N) is 1. The molecule has 0 aliphatic carbocycles. The third-order valence-electron chi connectivity index (χ3n) is 5.32. The van der Waals surface area contributed by atoms with Crippen molar-refractivity contribution in [2.45, 2.75) is 39.4 Å². The first-order valence-corrected chi connectivity index (χ1v) is 10.8. The molecule has 6 nitrogen and oxygen atoms in total. The van der Waals surface area contributed by atoms with Gasteiger partial charge in [-0.2, -0.15) is 5.10 Å². The van der Waals surface area contributed by atoms with Crippen LogP contribution in [0.2, 0.25) is 0 Å². The quantitative estimate of drug-likeness (QED) is 0.582. The molecule has 0 aliphatic heterocycles. The van der Waals surface area contributed by atoms with Crippen LogP contribution in [0.1, 0.15) is 42.3 Å². The van der Waals surface area contributed by atoms with E-state index in [4.69, 9.17) is 17.3 Å². The van der Waals surface area contributed by atoms with E-state index in [2.05, 4.69) is 55.3 Å². The average molecular weight is 438 g/mol. The number of hydrogen-bond donors (Lipinski definition) is 1. The Balaban J connectivity index is 1.74. The normalized spacial score (nSPS) is 11.7. The Bertz CT molecular complexity index is 1100. The molecule has 0 spiro atoms. The minimum atomic E-state index is -0.0808. The van der Waals surface area contributed by atoms with Gasteiger partial charge in [0.2, 0.25) is 0 Å². The summed E-state index contributed by atoms with van der Waals surface area (Å²) in [7, 11) is 5.62. The molecule has 0 fully saturated rings. The van der Waals surface area contributed by atoms with Crippen LogP contribution >= 0.6 is 12.2 Å². The second-order valence-corrected chi connectivity index (χ2v) is 9.29. The van der Waals surface area contributed by atoms with Gasteiger partial charge in [-0.25, -0.2) is 4.68 Å². The second-order valence-electron chi connectivity index (χ2n) is 8.92. The fraction of sp³-hybridized carbons (Fsp3) is 0.375. The molecule has 2 aromatic carbocycles. The molecule has 3 aromatic rings. The second kappa shape index (κ2) is 9.16. The van der Waals surface area contributed by atoms with Crippen LogP contribution in [0.15, 0.2) is 48.5 Å². The van der Waals surface area contributed by atoms with Gasteiger partial charge in [-0.15, -0.1) is 0 Å². The van der Waals surface area contributed by atoms with Crippen LogP contribution in [0.3, 0.4) is 0 Å². The van der Waals surface area contributed by atoms with Crippen molar-refractivity contribution in [3.05, 3.63) is 70.0 Å². The molecule has 0 atom stereocenters. The number of benzene rings is 2. The maximum Gasteiger partial charge on any atom is 0.251 e. The molecule has 0 radical (unpaired) electrons. The molecule has 0 saturated carbocycles. The summed E-state index contributed by atoms with van der Waals surface area (Å²) in [5, 5.41) is 7.42. The van der Waals surface area contributed by atoms with Crippen molar-refractivity contribution in [2.75, 3.05) is 14.1 Å². The highest BCUT2D eigenvalue weighted by molar-refractivity contribution is 7.71. The molecule has 0 saturated heterocycles. The highest BCUT2D eigenvalue weighted by atomic mass is 32.1. The number of carbonyl (C=O) groups excluding carboxylic acids is 1. The molecule has 0 aliphatic rings. The van der Waals surface area contributed by atoms with Gasteiger partial charge < -0.3 is 9.88 Å². The Morgan fingerprint density at radius 1 is 1.10 bits per heavy atom. The highest BCUT2D eigenvalue weighted by Crippen LogP contribution is 2.25. The fourth-order valence-electron chi connectivity index (χ4n) is 3.45. The van der Waals surface area contributed by atoms with E-state index >= 15 is 0 Å². The highest BCUT2D eigenvalue weighted by Gasteiger charge is 2.15. The third-order valence-corrected chi connectivity index (χ3v) is 5.81. The lowest BCUT2D eigenvalue weighted by atomic mass is 9.87. The van der Waals surface area contributed by atoms with Gasteiger partial charge in [0.15, 0.2) is 10.6 Å². The number of hydrogen-bond acceptors (Lipinski definition) is 4. The molecule has 0 bridgehead atoms. The van der Waals surface area contributed by atoms with Crippen molar-refractivity contribution in [3.63, 3.8) is 0 Å². The van der Waals surface area contributed by atoms with Gasteiger partial charge in [0.1, 0.15) is 0 Å². The van der Waals surface area contributed by atoms with E-state index in [9.17, 15) is 4.79 Å². The summed E-state index contributed by atoms with van der Waals surface area (Å²) in [5.41, 5.74) is 4.23. The maximum absolute atomic E-state index is 11.7. The van der Waals surface area contributed by atoms with Crippen molar-refractivity contribution in [3.8, 4) is 11.4 Å². The Hall–Kier alpha value is -2.77. The standard InChI is InChI=1S/C24H31N5OS/c1-24(2,3)20-13-11-18(12-14-20)21-26-29(23(31)28(21)6)16-27(5)15-17-7-9-19(10-8-17)22(30)25-4/h7-14H,15-16H2,1-6H3,(H,25,30). The number of aromatic nitrogens is 3. The predicted molar refractivity (Wildman–Crippen MR) is 127 cm³/mol. The summed E-state index contributed by atoms with van der Waals surface area (Å²) in [6.45, 7) is 7.92. The van der Waals surface area contributed by atoms with E-state index in [1.165, 1.54) is 5.56 Å². The lowest BCUT2D eigenvalue weighted by Crippen LogP contribution is -2.23. The molecule has 7 heteroatoms. The molecule has 0 unspecified atom stereocenters. The van der Waals surface area contributed by atoms with Gasteiger partial charge in [0.25, 0.3) is 5.91 Å². The Kier molecular flexibility index (Phi) is 6.77. The number of amides is 1. The van der Waals surface area contributed by atoms with Crippen molar-refractivity contribution in [1.82, 2.24) is 24.6 Å². The Morgan fingerprint density at radius 2 is 1.71 bits per heavy atom. The summed E-state index contributed by atoms with van der Waals surface area (Å²) in [6.07, 6.45) is 0. The van der Waals surface area contributed by atoms with Gasteiger partial charge in [-0.1, -0.05) is 57.2 Å². The summed E-state index contributed by atoms with van der Waals surface area (Å²) < 4.78 is 4.48. The van der Waals surface area contributed by atoms with Crippen LogP contribution in [0.4, 0.5) is 0 Å². The third kappa shape index (κ3) is 5.29. The van der Waals surface area contributed by atoms with Crippen molar-refractivity contribution >= 4 is 18.1 Å². The zero-order valence-corrected chi connectivity index (χ0v) is 20.0. The summed E-state index contributed by atoms with van der Waals surface area (Å²) in [4.78, 5) is 13.8. The van der Waals surface area contributed by atoms with Crippen LogP contribution < -0.4 is 5.32 Å². The first kappa shape index (κ1) is 22.9. The smallest absolute Gasteiger partial charge is 0.251 e. The van der Waals surface area contributed by atoms with Gasteiger partial charge in [-0.3, -0.25) is 9.69 Å². The lowest BCUT2D eigenvalue weighted by molar-refractivity contribution is 0.0963. The molecule has 1 heterocycles. The lowest BCUT2D eigenvalue weighted by Gasteiger charge is -2.19. The van der Waals surface area contributed by atoms with Crippen LogP contribution in [0.25, 0.3) is 11.4 Å². The van der Waals surface area contributed by atoms with E-state index in [1.54, 1.807) is 7.05 Å². The average Bonchev–Trinajstić information content (AvgIpc) is 3.01. The van der Waals surface area contributed by atoms with Gasteiger partial charge in [0, 0.05) is 31.8 Å². The Labute approximate surface area is 189 Å². The maximum atomic E-state index is 11.7. The molecule has 164 valence electrons. The minimum Gasteiger partial charge on any atom is -0.355 e. The van der Waals surface area contributed by atoms with Crippen LogP contribution in [0, 0.1) is 4.77 Å². The number of nitrogens with zero attached hydrogens (tertiary/aromatic N) is 4. The van der Waals surface area contributed by atoms with Crippen LogP contribution in [-0.2, 0) is 25.7 Å². The topological polar surface area (TPSA) is 55.1 Å². The summed E-state index contributed by atoms with van der Waals surface area (Å²) in [5.74, 6) is 0.775. The van der Waals surface area contributed by atoms with Crippen LogP contribution in [0.5, 0.6) is 0 Å². The van der Waals surface area contributed by atoms with E-state index in [0.717, 1.165) is 23.5 Å². The first-order chi connectivity index (χ1) is 14.6.